The van der Waals surface area contributed by atoms with Crippen LogP contribution in [0.3, 0.4) is 0 Å². The maximum Gasteiger partial charge on any atom is 0.0895 e. The highest BCUT2D eigenvalue weighted by atomic mass is 35.5. The number of hydrogen-bond acceptors (Lipinski definition) is 1. The van der Waals surface area contributed by atoms with Gasteiger partial charge in [-0.1, -0.05) is 53.2 Å². The van der Waals surface area contributed by atoms with E-state index in [4.69, 9.17) is 23.2 Å². The Balaban J connectivity index is 2.65. The zero-order valence-electron chi connectivity index (χ0n) is 5.63. The van der Waals surface area contributed by atoms with Crippen molar-refractivity contribution in [1.29, 1.82) is 0 Å². The van der Waals surface area contributed by atoms with Crippen molar-refractivity contribution in [2.45, 2.75) is 4.90 Å². The Kier molecular flexibility index (Phi) is 3.84. The zero-order chi connectivity index (χ0) is 8.10. The zero-order valence-corrected chi connectivity index (χ0v) is 7.96. The maximum absolute atomic E-state index is 5.69. The van der Waals surface area contributed by atoms with E-state index in [1.165, 1.54) is 17.3 Å². The number of halogens is 2. The second kappa shape index (κ2) is 4.70. The third-order valence-corrected chi connectivity index (χ3v) is 2.66. The van der Waals surface area contributed by atoms with Gasteiger partial charge in [0.1, 0.15) is 0 Å². The molecule has 0 aliphatic heterocycles. The molecule has 0 fully saturated rings. The number of benzene rings is 1. The number of hydrogen-bond donors (Lipinski definition) is 0. The lowest BCUT2D eigenvalue weighted by atomic mass is 10.4. The van der Waals surface area contributed by atoms with Crippen LogP contribution < -0.4 is 0 Å². The van der Waals surface area contributed by atoms with Crippen LogP contribution in [0.5, 0.6) is 0 Å². The molecular weight excluding hydrogens is 199 g/mol. The fraction of sp³-hybridized carbons (Fsp3) is 0. The molecule has 0 bridgehead atoms. The van der Waals surface area contributed by atoms with Crippen molar-refractivity contribution in [1.82, 2.24) is 0 Å². The van der Waals surface area contributed by atoms with E-state index in [9.17, 15) is 0 Å². The van der Waals surface area contributed by atoms with Gasteiger partial charge < -0.3 is 0 Å². The molecule has 58 valence electrons. The largest absolute Gasteiger partial charge is 0.0908 e. The SMILES string of the molecule is Cl/C=C(/Cl)Sc1ccccc1. The van der Waals surface area contributed by atoms with Gasteiger partial charge in [-0.3, -0.25) is 0 Å². The van der Waals surface area contributed by atoms with Crippen molar-refractivity contribution in [2.75, 3.05) is 0 Å². The van der Waals surface area contributed by atoms with Crippen LogP contribution in [-0.2, 0) is 0 Å². The fourth-order valence-electron chi connectivity index (χ4n) is 0.623. The molecule has 1 aromatic carbocycles. The molecule has 0 aliphatic rings. The minimum Gasteiger partial charge on any atom is -0.0908 e. The van der Waals surface area contributed by atoms with Crippen LogP contribution in [0.25, 0.3) is 0 Å². The van der Waals surface area contributed by atoms with E-state index in [2.05, 4.69) is 0 Å². The molecule has 0 nitrogen and oxygen atoms in total. The standard InChI is InChI=1S/C8H6Cl2S/c9-6-8(10)11-7-4-2-1-3-5-7/h1-6H/b8-6-. The molecule has 0 spiro atoms. The molecule has 0 amide bonds. The predicted octanol–water partition coefficient (Wildman–Crippen LogP) is 4.06. The molecule has 1 aromatic rings. The minimum atomic E-state index is 0.581. The monoisotopic (exact) mass is 204 g/mol. The summed E-state index contributed by atoms with van der Waals surface area (Å²) in [6, 6.07) is 9.84. The summed E-state index contributed by atoms with van der Waals surface area (Å²) >= 11 is 12.5. The number of rotatable bonds is 2. The average molecular weight is 205 g/mol. The van der Waals surface area contributed by atoms with Gasteiger partial charge in [-0.2, -0.15) is 0 Å². The smallest absolute Gasteiger partial charge is 0.0895 e. The second-order valence-electron chi connectivity index (χ2n) is 1.83. The summed E-state index contributed by atoms with van der Waals surface area (Å²) in [7, 11) is 0. The van der Waals surface area contributed by atoms with Gasteiger partial charge in [0.2, 0.25) is 0 Å². The first kappa shape index (κ1) is 8.98. The van der Waals surface area contributed by atoms with Crippen molar-refractivity contribution in [3.63, 3.8) is 0 Å². The summed E-state index contributed by atoms with van der Waals surface area (Å²) in [5, 5.41) is 0. The average Bonchev–Trinajstić information content (AvgIpc) is 2.06. The number of thioether (sulfide) groups is 1. The molecule has 0 saturated heterocycles. The fourth-order valence-corrected chi connectivity index (χ4v) is 1.59. The Morgan fingerprint density at radius 2 is 1.91 bits per heavy atom. The quantitative estimate of drug-likeness (QED) is 0.656. The molecule has 0 N–H and O–H groups in total. The summed E-state index contributed by atoms with van der Waals surface area (Å²) < 4.78 is 0.581. The molecule has 0 heterocycles. The highest BCUT2D eigenvalue weighted by molar-refractivity contribution is 8.04. The van der Waals surface area contributed by atoms with Crippen molar-refractivity contribution in [3.05, 3.63) is 40.2 Å². The summed E-state index contributed by atoms with van der Waals surface area (Å²) in [4.78, 5) is 1.09. The Bertz CT molecular complexity index is 244. The molecule has 0 aliphatic carbocycles. The lowest BCUT2D eigenvalue weighted by Crippen LogP contribution is -1.66. The van der Waals surface area contributed by atoms with Gasteiger partial charge in [-0.05, 0) is 12.1 Å². The van der Waals surface area contributed by atoms with Gasteiger partial charge in [-0.25, -0.2) is 0 Å². The van der Waals surface area contributed by atoms with Gasteiger partial charge in [0.15, 0.2) is 0 Å². The maximum atomic E-state index is 5.69. The van der Waals surface area contributed by atoms with Crippen LogP contribution in [0.15, 0.2) is 45.1 Å². The molecule has 0 unspecified atom stereocenters. The van der Waals surface area contributed by atoms with Gasteiger partial charge in [0, 0.05) is 10.4 Å². The lowest BCUT2D eigenvalue weighted by molar-refractivity contribution is 1.47. The third kappa shape index (κ3) is 3.19. The van der Waals surface area contributed by atoms with E-state index in [1.54, 1.807) is 0 Å². The first-order valence-electron chi connectivity index (χ1n) is 3.01. The highest BCUT2D eigenvalue weighted by Crippen LogP contribution is 2.29. The summed E-state index contributed by atoms with van der Waals surface area (Å²) in [6.07, 6.45) is 0. The van der Waals surface area contributed by atoms with Gasteiger partial charge in [0.25, 0.3) is 0 Å². The first-order chi connectivity index (χ1) is 5.33. The van der Waals surface area contributed by atoms with Crippen molar-refractivity contribution < 1.29 is 0 Å². The normalized spacial score (nSPS) is 11.6. The van der Waals surface area contributed by atoms with Gasteiger partial charge in [0.05, 0.1) is 4.36 Å². The molecule has 0 atom stereocenters. The van der Waals surface area contributed by atoms with Crippen molar-refractivity contribution in [3.8, 4) is 0 Å². The minimum absolute atomic E-state index is 0.581. The van der Waals surface area contributed by atoms with E-state index in [1.807, 2.05) is 30.3 Å². The van der Waals surface area contributed by atoms with E-state index in [0.717, 1.165) is 4.90 Å². The van der Waals surface area contributed by atoms with E-state index >= 15 is 0 Å². The Labute approximate surface area is 80.2 Å². The van der Waals surface area contributed by atoms with Gasteiger partial charge in [-0.15, -0.1) is 0 Å². The molecule has 0 aromatic heterocycles. The summed E-state index contributed by atoms with van der Waals surface area (Å²) in [6.45, 7) is 0. The third-order valence-electron chi connectivity index (χ3n) is 1.04. The first-order valence-corrected chi connectivity index (χ1v) is 4.65. The van der Waals surface area contributed by atoms with Crippen LogP contribution in [-0.4, -0.2) is 0 Å². The van der Waals surface area contributed by atoms with E-state index < -0.39 is 0 Å². The lowest BCUT2D eigenvalue weighted by Gasteiger charge is -1.95. The molecule has 1 rings (SSSR count). The second-order valence-corrected chi connectivity index (χ2v) is 3.79. The van der Waals surface area contributed by atoms with Gasteiger partial charge >= 0.3 is 0 Å². The topological polar surface area (TPSA) is 0 Å². The Morgan fingerprint density at radius 1 is 1.27 bits per heavy atom. The summed E-state index contributed by atoms with van der Waals surface area (Å²) in [5.74, 6) is 0. The van der Waals surface area contributed by atoms with Crippen LogP contribution in [0.1, 0.15) is 0 Å². The molecule has 3 heteroatoms. The predicted molar refractivity (Wildman–Crippen MR) is 52.1 cm³/mol. The Morgan fingerprint density at radius 3 is 2.45 bits per heavy atom. The summed E-state index contributed by atoms with van der Waals surface area (Å²) in [5.41, 5.74) is 1.36. The van der Waals surface area contributed by atoms with E-state index in [-0.39, 0.29) is 0 Å². The van der Waals surface area contributed by atoms with E-state index in [0.29, 0.717) is 4.36 Å². The van der Waals surface area contributed by atoms with Crippen molar-refractivity contribution >= 4 is 35.0 Å². The highest BCUT2D eigenvalue weighted by Gasteiger charge is 1.93. The molecule has 11 heavy (non-hydrogen) atoms. The van der Waals surface area contributed by atoms with Crippen LogP contribution in [0, 0.1) is 0 Å². The molecule has 0 radical (unpaired) electrons. The molecular formula is C8H6Cl2S. The molecule has 0 saturated carbocycles. The Hall–Kier alpha value is -0.110. The van der Waals surface area contributed by atoms with Crippen molar-refractivity contribution in [2.24, 2.45) is 0 Å². The van der Waals surface area contributed by atoms with Crippen LogP contribution in [0.4, 0.5) is 0 Å². The van der Waals surface area contributed by atoms with Crippen LogP contribution in [0.2, 0.25) is 0 Å². The van der Waals surface area contributed by atoms with Crippen LogP contribution >= 0.6 is 35.0 Å².